The summed E-state index contributed by atoms with van der Waals surface area (Å²) in [5.41, 5.74) is 0.436. The average molecular weight is 525 g/mol. The molecule has 0 fully saturated rings. The Balaban J connectivity index is 1.96. The van der Waals surface area contributed by atoms with Gasteiger partial charge in [-0.25, -0.2) is 22.7 Å². The number of aromatic nitrogens is 3. The largest absolute Gasteiger partial charge is 0.493 e. The van der Waals surface area contributed by atoms with E-state index in [0.717, 1.165) is 0 Å². The number of methoxy groups -OCH3 is 1. The summed E-state index contributed by atoms with van der Waals surface area (Å²) in [4.78, 5) is 13.4. The van der Waals surface area contributed by atoms with Crippen molar-refractivity contribution in [3.05, 3.63) is 84.1 Å². The second-order valence-electron chi connectivity index (χ2n) is 8.20. The number of hydrogen-bond acceptors (Lipinski definition) is 7. The Hall–Kier alpha value is -3.69. The minimum Gasteiger partial charge on any atom is -0.493 e. The fourth-order valence-electron chi connectivity index (χ4n) is 3.44. The Morgan fingerprint density at radius 1 is 0.917 bits per heavy atom. The fourth-order valence-corrected chi connectivity index (χ4v) is 5.25. The van der Waals surface area contributed by atoms with E-state index in [9.17, 15) is 8.42 Å². The van der Waals surface area contributed by atoms with Crippen molar-refractivity contribution in [3.8, 4) is 28.8 Å². The number of pyridine rings is 1. The van der Waals surface area contributed by atoms with Crippen LogP contribution in [0.2, 0.25) is 5.15 Å². The number of ether oxygens (including phenoxy) is 2. The maximum Gasteiger partial charge on any atom is 0.265 e. The minimum atomic E-state index is -4.04. The summed E-state index contributed by atoms with van der Waals surface area (Å²) < 4.78 is 40.5. The zero-order chi connectivity index (χ0) is 25.7. The van der Waals surface area contributed by atoms with Crippen LogP contribution in [0.4, 0.5) is 5.82 Å². The summed E-state index contributed by atoms with van der Waals surface area (Å²) in [7, 11) is -2.53. The quantitative estimate of drug-likeness (QED) is 0.254. The fraction of sp³-hybridized carbons (Fsp3) is 0.192. The van der Waals surface area contributed by atoms with Crippen molar-refractivity contribution in [2.24, 2.45) is 5.92 Å². The van der Waals surface area contributed by atoms with Gasteiger partial charge in [0.25, 0.3) is 10.0 Å². The number of benzene rings is 2. The molecule has 2 heterocycles. The van der Waals surface area contributed by atoms with Crippen molar-refractivity contribution in [1.29, 1.82) is 0 Å². The number of rotatable bonds is 9. The zero-order valence-electron chi connectivity index (χ0n) is 20.0. The maximum absolute atomic E-state index is 13.9. The number of halogens is 1. The summed E-state index contributed by atoms with van der Waals surface area (Å²) in [5, 5.41) is -0.0661. The molecule has 0 atom stereocenters. The predicted octanol–water partition coefficient (Wildman–Crippen LogP) is 5.84. The zero-order valence-corrected chi connectivity index (χ0v) is 21.6. The van der Waals surface area contributed by atoms with E-state index >= 15 is 0 Å². The lowest BCUT2D eigenvalue weighted by Crippen LogP contribution is -2.35. The van der Waals surface area contributed by atoms with Gasteiger partial charge in [0.2, 0.25) is 5.75 Å². The molecule has 10 heteroatoms. The average Bonchev–Trinajstić information content (AvgIpc) is 2.89. The highest BCUT2D eigenvalue weighted by atomic mass is 35.5. The smallest absolute Gasteiger partial charge is 0.265 e. The number of hydrogen-bond donors (Lipinski definition) is 0. The van der Waals surface area contributed by atoms with Crippen molar-refractivity contribution in [2.75, 3.05) is 18.0 Å². The topological polar surface area (TPSA) is 94.5 Å². The summed E-state index contributed by atoms with van der Waals surface area (Å²) in [6.07, 6.45) is 1.60. The maximum atomic E-state index is 13.9. The molecule has 0 aliphatic heterocycles. The van der Waals surface area contributed by atoms with E-state index in [-0.39, 0.29) is 39.9 Å². The van der Waals surface area contributed by atoms with Gasteiger partial charge in [0, 0.05) is 12.7 Å². The number of sulfonamides is 1. The molecule has 0 unspecified atom stereocenters. The second-order valence-corrected chi connectivity index (χ2v) is 10.4. The van der Waals surface area contributed by atoms with Gasteiger partial charge in [-0.05, 0) is 42.3 Å². The van der Waals surface area contributed by atoms with E-state index < -0.39 is 10.0 Å². The predicted molar refractivity (Wildman–Crippen MR) is 139 cm³/mol. The third-order valence-corrected chi connectivity index (χ3v) is 7.11. The molecule has 0 spiro atoms. The van der Waals surface area contributed by atoms with E-state index in [1.807, 2.05) is 13.8 Å². The van der Waals surface area contributed by atoms with Crippen LogP contribution in [0, 0.1) is 5.92 Å². The molecule has 0 radical (unpaired) electrons. The third-order valence-electron chi connectivity index (χ3n) is 5.08. The molecule has 0 aliphatic carbocycles. The Morgan fingerprint density at radius 2 is 1.58 bits per heavy atom. The van der Waals surface area contributed by atoms with Crippen LogP contribution in [0.15, 0.2) is 83.9 Å². The molecule has 0 aliphatic rings. The molecule has 0 amide bonds. The first-order valence-corrected chi connectivity index (χ1v) is 13.0. The van der Waals surface area contributed by atoms with Crippen LogP contribution in [-0.4, -0.2) is 37.0 Å². The van der Waals surface area contributed by atoms with Crippen molar-refractivity contribution >= 4 is 27.4 Å². The second kappa shape index (κ2) is 10.9. The van der Waals surface area contributed by atoms with E-state index in [4.69, 9.17) is 21.1 Å². The molecule has 0 saturated heterocycles. The molecule has 2 aromatic carbocycles. The van der Waals surface area contributed by atoms with E-state index in [1.54, 1.807) is 66.9 Å². The van der Waals surface area contributed by atoms with Gasteiger partial charge in [0.15, 0.2) is 28.3 Å². The highest BCUT2D eigenvalue weighted by molar-refractivity contribution is 7.92. The Kier molecular flexibility index (Phi) is 7.71. The molecular weight excluding hydrogens is 500 g/mol. The monoisotopic (exact) mass is 524 g/mol. The van der Waals surface area contributed by atoms with Crippen molar-refractivity contribution < 1.29 is 17.9 Å². The summed E-state index contributed by atoms with van der Waals surface area (Å²) in [6.45, 7) is 3.95. The van der Waals surface area contributed by atoms with Crippen LogP contribution in [0.5, 0.6) is 17.2 Å². The van der Waals surface area contributed by atoms with Gasteiger partial charge in [0.05, 0.1) is 12.0 Å². The van der Waals surface area contributed by atoms with Gasteiger partial charge >= 0.3 is 0 Å². The molecule has 2 aromatic heterocycles. The normalized spacial score (nSPS) is 11.4. The van der Waals surface area contributed by atoms with E-state index in [0.29, 0.717) is 17.2 Å². The van der Waals surface area contributed by atoms with Crippen molar-refractivity contribution in [3.63, 3.8) is 0 Å². The summed E-state index contributed by atoms with van der Waals surface area (Å²) in [5.74, 6) is 0.878. The van der Waals surface area contributed by atoms with Gasteiger partial charge in [-0.3, -0.25) is 4.98 Å². The highest BCUT2D eigenvalue weighted by Crippen LogP contribution is 2.42. The SMILES string of the molecule is COc1ccccc1Oc1c(Cl)nc(-c2ccccn2)nc1N(CC(C)C)S(=O)(=O)c1ccccc1. The van der Waals surface area contributed by atoms with Gasteiger partial charge in [-0.15, -0.1) is 0 Å². The van der Waals surface area contributed by atoms with Crippen LogP contribution >= 0.6 is 11.6 Å². The van der Waals surface area contributed by atoms with E-state index in [1.165, 1.54) is 23.5 Å². The lowest BCUT2D eigenvalue weighted by Gasteiger charge is -2.27. The highest BCUT2D eigenvalue weighted by Gasteiger charge is 2.32. The Morgan fingerprint density at radius 3 is 2.22 bits per heavy atom. The van der Waals surface area contributed by atoms with Crippen LogP contribution < -0.4 is 13.8 Å². The van der Waals surface area contributed by atoms with Crippen LogP contribution in [0.1, 0.15) is 13.8 Å². The van der Waals surface area contributed by atoms with Gasteiger partial charge < -0.3 is 9.47 Å². The molecule has 8 nitrogen and oxygen atoms in total. The third kappa shape index (κ3) is 5.42. The number of anilines is 1. The van der Waals surface area contributed by atoms with Crippen LogP contribution in [0.3, 0.4) is 0 Å². The van der Waals surface area contributed by atoms with Crippen LogP contribution in [0.25, 0.3) is 11.5 Å². The first kappa shape index (κ1) is 25.4. The number of nitrogens with zero attached hydrogens (tertiary/aromatic N) is 4. The molecule has 0 saturated carbocycles. The first-order chi connectivity index (χ1) is 17.3. The van der Waals surface area contributed by atoms with Gasteiger partial charge in [-0.1, -0.05) is 61.8 Å². The standard InChI is InChI=1S/C26H25ClN4O4S/c1-18(2)17-31(36(32,33)19-11-5-4-6-12-19)26-23(35-22-15-8-7-14-21(22)34-3)24(27)29-25(30-26)20-13-9-10-16-28-20/h4-16,18H,17H2,1-3H3. The van der Waals surface area contributed by atoms with Crippen molar-refractivity contribution in [1.82, 2.24) is 15.0 Å². The molecule has 186 valence electrons. The lowest BCUT2D eigenvalue weighted by molar-refractivity contribution is 0.378. The molecule has 4 rings (SSSR count). The number of para-hydroxylation sites is 2. The van der Waals surface area contributed by atoms with Crippen molar-refractivity contribution in [2.45, 2.75) is 18.7 Å². The lowest BCUT2D eigenvalue weighted by atomic mass is 10.2. The van der Waals surface area contributed by atoms with Crippen LogP contribution in [-0.2, 0) is 10.0 Å². The Labute approximate surface area is 215 Å². The van der Waals surface area contributed by atoms with E-state index in [2.05, 4.69) is 15.0 Å². The minimum absolute atomic E-state index is 0.000822. The molecule has 0 N–H and O–H groups in total. The summed E-state index contributed by atoms with van der Waals surface area (Å²) in [6, 6.07) is 20.4. The Bertz CT molecular complexity index is 1440. The molecule has 0 bridgehead atoms. The summed E-state index contributed by atoms with van der Waals surface area (Å²) >= 11 is 6.64. The molecular formula is C26H25ClN4O4S. The molecule has 36 heavy (non-hydrogen) atoms. The first-order valence-electron chi connectivity index (χ1n) is 11.2. The molecule has 4 aromatic rings. The van der Waals surface area contributed by atoms with Gasteiger partial charge in [-0.2, -0.15) is 0 Å². The van der Waals surface area contributed by atoms with Gasteiger partial charge in [0.1, 0.15) is 5.69 Å².